The van der Waals surface area contributed by atoms with E-state index in [0.717, 1.165) is 18.2 Å². The molecule has 11 heteroatoms. The van der Waals surface area contributed by atoms with Crippen LogP contribution in [-0.4, -0.2) is 32.9 Å². The second kappa shape index (κ2) is 9.83. The van der Waals surface area contributed by atoms with Gasteiger partial charge in [-0.3, -0.25) is 20.4 Å². The molecule has 3 aromatic carbocycles. The fourth-order valence-electron chi connectivity index (χ4n) is 3.36. The lowest BCUT2D eigenvalue weighted by Gasteiger charge is -2.11. The van der Waals surface area contributed by atoms with Crippen molar-refractivity contribution in [2.75, 3.05) is 5.43 Å². The summed E-state index contributed by atoms with van der Waals surface area (Å²) in [6, 6.07) is 18.4. The van der Waals surface area contributed by atoms with E-state index >= 15 is 0 Å². The number of amides is 3. The van der Waals surface area contributed by atoms with Gasteiger partial charge < -0.3 is 5.11 Å². The van der Waals surface area contributed by atoms with E-state index in [2.05, 4.69) is 16.0 Å². The van der Waals surface area contributed by atoms with Gasteiger partial charge in [0, 0.05) is 16.7 Å². The first-order chi connectivity index (χ1) is 16.8. The van der Waals surface area contributed by atoms with Crippen molar-refractivity contribution in [2.45, 2.75) is 0 Å². The second-order valence-electron chi connectivity index (χ2n) is 7.19. The maximum atomic E-state index is 14.1. The van der Waals surface area contributed by atoms with Gasteiger partial charge in [0.05, 0.1) is 0 Å². The highest BCUT2D eigenvalue weighted by Crippen LogP contribution is 2.35. The van der Waals surface area contributed by atoms with Gasteiger partial charge in [0.15, 0.2) is 5.69 Å². The first kappa shape index (κ1) is 23.1. The Morgan fingerprint density at radius 3 is 2.11 bits per heavy atom. The van der Waals surface area contributed by atoms with Crippen LogP contribution in [0.1, 0.15) is 20.8 Å². The maximum Gasteiger partial charge on any atom is 0.425 e. The maximum absolute atomic E-state index is 14.1. The Hall–Kier alpha value is -5.06. The third-order valence-electron chi connectivity index (χ3n) is 4.86. The first-order valence-electron chi connectivity index (χ1n) is 10.1. The van der Waals surface area contributed by atoms with Crippen molar-refractivity contribution in [3.05, 3.63) is 102 Å². The van der Waals surface area contributed by atoms with Gasteiger partial charge in [-0.25, -0.2) is 19.0 Å². The minimum atomic E-state index is -1.54. The summed E-state index contributed by atoms with van der Waals surface area (Å²) in [5.74, 6) is -2.70. The van der Waals surface area contributed by atoms with E-state index in [-0.39, 0.29) is 28.1 Å². The van der Waals surface area contributed by atoms with Gasteiger partial charge in [-0.2, -0.15) is 9.89 Å². The zero-order valence-electron chi connectivity index (χ0n) is 17.8. The molecule has 0 aliphatic rings. The molecule has 0 saturated heterocycles. The van der Waals surface area contributed by atoms with Gasteiger partial charge in [-0.1, -0.05) is 30.3 Å². The monoisotopic (exact) mass is 477 g/mol. The number of hydrogen-bond acceptors (Lipinski definition) is 4. The summed E-state index contributed by atoms with van der Waals surface area (Å²) in [6.45, 7) is 0. The first-order valence-corrected chi connectivity index (χ1v) is 10.1. The summed E-state index contributed by atoms with van der Waals surface area (Å²) in [7, 11) is 0. The largest absolute Gasteiger partial charge is 0.464 e. The molecular weight excluding hydrogens is 460 g/mol. The van der Waals surface area contributed by atoms with Crippen molar-refractivity contribution >= 4 is 17.9 Å². The summed E-state index contributed by atoms with van der Waals surface area (Å²) in [6.07, 6.45) is -1.54. The highest BCUT2D eigenvalue weighted by Gasteiger charge is 2.27. The van der Waals surface area contributed by atoms with Gasteiger partial charge in [-0.05, 0) is 54.1 Å². The molecule has 0 bridgehead atoms. The molecule has 0 fully saturated rings. The van der Waals surface area contributed by atoms with Crippen molar-refractivity contribution in [1.29, 1.82) is 0 Å². The average Bonchev–Trinajstić information content (AvgIpc) is 3.21. The molecule has 35 heavy (non-hydrogen) atoms. The number of halogens is 2. The molecular formula is C24H17F2N5O4. The number of aromatic nitrogens is 2. The predicted octanol–water partition coefficient (Wildman–Crippen LogP) is 3.79. The zero-order chi connectivity index (χ0) is 24.9. The Labute approximate surface area is 197 Å². The van der Waals surface area contributed by atoms with Crippen LogP contribution in [0.4, 0.5) is 13.6 Å². The van der Waals surface area contributed by atoms with Crippen LogP contribution in [0.3, 0.4) is 0 Å². The summed E-state index contributed by atoms with van der Waals surface area (Å²) < 4.78 is 27.6. The Morgan fingerprint density at radius 2 is 1.46 bits per heavy atom. The Morgan fingerprint density at radius 1 is 0.771 bits per heavy atom. The number of hydrogen-bond donors (Lipinski definition) is 4. The molecule has 4 rings (SSSR count). The number of hydrazine groups is 1. The second-order valence-corrected chi connectivity index (χ2v) is 7.19. The smallest absolute Gasteiger partial charge is 0.425 e. The van der Waals surface area contributed by atoms with Crippen molar-refractivity contribution in [2.24, 2.45) is 0 Å². The Kier molecular flexibility index (Phi) is 6.49. The molecule has 176 valence electrons. The summed E-state index contributed by atoms with van der Waals surface area (Å²) in [4.78, 5) is 37.6. The molecule has 9 nitrogen and oxygen atoms in total. The SMILES string of the molecule is O=C(O)Nn1nc(-c2ccc(F)cc2)c(-c2cccc(F)c2)c1C(=O)NNC(=O)c1ccccc1. The van der Waals surface area contributed by atoms with E-state index < -0.39 is 29.5 Å². The molecule has 0 aliphatic heterocycles. The minimum Gasteiger partial charge on any atom is -0.464 e. The van der Waals surface area contributed by atoms with Gasteiger partial charge in [0.25, 0.3) is 11.8 Å². The molecule has 0 atom stereocenters. The highest BCUT2D eigenvalue weighted by atomic mass is 19.1. The van der Waals surface area contributed by atoms with E-state index in [9.17, 15) is 28.3 Å². The standard InChI is InChI=1S/C24H17F2N5O4/c25-17-11-9-14(10-12-17)20-19(16-7-4-8-18(26)13-16)21(31(29-20)30-24(34)35)23(33)28-27-22(32)15-5-2-1-3-6-15/h1-13,30H,(H,27,32)(H,28,33)(H,34,35). The quantitative estimate of drug-likeness (QED) is 0.326. The molecule has 4 N–H and O–H groups in total. The molecule has 4 aromatic rings. The summed E-state index contributed by atoms with van der Waals surface area (Å²) in [5.41, 5.74) is 7.03. The van der Waals surface area contributed by atoms with Crippen LogP contribution < -0.4 is 16.3 Å². The molecule has 3 amide bonds. The highest BCUT2D eigenvalue weighted by molar-refractivity contribution is 6.05. The molecule has 1 aromatic heterocycles. The van der Waals surface area contributed by atoms with Crippen LogP contribution in [0.5, 0.6) is 0 Å². The molecule has 0 radical (unpaired) electrons. The van der Waals surface area contributed by atoms with E-state index in [1.165, 1.54) is 42.5 Å². The van der Waals surface area contributed by atoms with E-state index in [4.69, 9.17) is 0 Å². The minimum absolute atomic E-state index is 0.0521. The van der Waals surface area contributed by atoms with Crippen LogP contribution in [0.15, 0.2) is 78.9 Å². The van der Waals surface area contributed by atoms with Crippen LogP contribution in [-0.2, 0) is 0 Å². The average molecular weight is 477 g/mol. The number of benzene rings is 3. The summed E-state index contributed by atoms with van der Waals surface area (Å²) >= 11 is 0. The van der Waals surface area contributed by atoms with Crippen LogP contribution in [0.2, 0.25) is 0 Å². The van der Waals surface area contributed by atoms with E-state index in [1.807, 2.05) is 5.43 Å². The van der Waals surface area contributed by atoms with Crippen molar-refractivity contribution in [3.63, 3.8) is 0 Å². The molecule has 1 heterocycles. The van der Waals surface area contributed by atoms with Crippen molar-refractivity contribution in [1.82, 2.24) is 20.7 Å². The van der Waals surface area contributed by atoms with Gasteiger partial charge in [0.2, 0.25) is 0 Å². The van der Waals surface area contributed by atoms with Gasteiger partial charge >= 0.3 is 6.09 Å². The van der Waals surface area contributed by atoms with Crippen LogP contribution in [0.25, 0.3) is 22.4 Å². The zero-order valence-corrected chi connectivity index (χ0v) is 17.8. The molecule has 0 spiro atoms. The van der Waals surface area contributed by atoms with Gasteiger partial charge in [-0.15, -0.1) is 0 Å². The number of rotatable bonds is 5. The summed E-state index contributed by atoms with van der Waals surface area (Å²) in [5, 5.41) is 13.4. The fraction of sp³-hybridized carbons (Fsp3) is 0. The molecule has 0 saturated carbocycles. The lowest BCUT2D eigenvalue weighted by molar-refractivity contribution is 0.0842. The Balaban J connectivity index is 1.81. The number of carbonyl (C=O) groups excluding carboxylic acids is 2. The molecule has 0 unspecified atom stereocenters. The third kappa shape index (κ3) is 5.14. The fourth-order valence-corrected chi connectivity index (χ4v) is 3.36. The Bertz CT molecular complexity index is 1410. The molecule has 0 aliphatic carbocycles. The third-order valence-corrected chi connectivity index (χ3v) is 4.86. The van der Waals surface area contributed by atoms with Gasteiger partial charge in [0.1, 0.15) is 17.3 Å². The lowest BCUT2D eigenvalue weighted by Crippen LogP contribution is -2.43. The van der Waals surface area contributed by atoms with Crippen LogP contribution >= 0.6 is 0 Å². The normalized spacial score (nSPS) is 10.5. The topological polar surface area (TPSA) is 125 Å². The number of carboxylic acid groups (broad SMARTS) is 1. The number of nitrogens with one attached hydrogen (secondary N) is 3. The van der Waals surface area contributed by atoms with Crippen molar-refractivity contribution < 1.29 is 28.3 Å². The lowest BCUT2D eigenvalue weighted by atomic mass is 9.98. The predicted molar refractivity (Wildman–Crippen MR) is 122 cm³/mol. The number of nitrogens with zero attached hydrogens (tertiary/aromatic N) is 2. The van der Waals surface area contributed by atoms with E-state index in [1.54, 1.807) is 18.2 Å². The van der Waals surface area contributed by atoms with Crippen molar-refractivity contribution in [3.8, 4) is 22.4 Å². The van der Waals surface area contributed by atoms with Crippen LogP contribution in [0, 0.1) is 11.6 Å². The number of carbonyl (C=O) groups is 3. The van der Waals surface area contributed by atoms with E-state index in [0.29, 0.717) is 10.4 Å².